The second-order valence-corrected chi connectivity index (χ2v) is 5.17. The molecule has 0 radical (unpaired) electrons. The number of nitrogens with one attached hydrogen (secondary N) is 1. The van der Waals surface area contributed by atoms with Crippen molar-refractivity contribution < 1.29 is 9.90 Å². The third-order valence-electron chi connectivity index (χ3n) is 2.85. The molecule has 0 aromatic carbocycles. The van der Waals surface area contributed by atoms with Crippen LogP contribution in [-0.2, 0) is 4.79 Å². The summed E-state index contributed by atoms with van der Waals surface area (Å²) < 4.78 is 0. The molecule has 0 aromatic rings. The van der Waals surface area contributed by atoms with Gasteiger partial charge in [-0.1, -0.05) is 0 Å². The van der Waals surface area contributed by atoms with Crippen LogP contribution in [-0.4, -0.2) is 41.2 Å². The van der Waals surface area contributed by atoms with Gasteiger partial charge in [-0.15, -0.1) is 0 Å². The Morgan fingerprint density at radius 1 is 1.67 bits per heavy atom. The Bertz CT molecular complexity index is 219. The highest BCUT2D eigenvalue weighted by Crippen LogP contribution is 2.30. The summed E-state index contributed by atoms with van der Waals surface area (Å²) in [6.45, 7) is 0.346. The molecule has 0 unspecified atom stereocenters. The molecule has 0 spiro atoms. The van der Waals surface area contributed by atoms with E-state index in [-0.39, 0.29) is 5.91 Å². The minimum atomic E-state index is -0.658. The van der Waals surface area contributed by atoms with Gasteiger partial charge in [0.1, 0.15) is 0 Å². The van der Waals surface area contributed by atoms with Gasteiger partial charge in [0.2, 0.25) is 5.91 Å². The van der Waals surface area contributed by atoms with Gasteiger partial charge in [-0.25, -0.2) is 0 Å². The van der Waals surface area contributed by atoms with Crippen molar-refractivity contribution in [3.63, 3.8) is 0 Å². The monoisotopic (exact) mass is 232 g/mol. The summed E-state index contributed by atoms with van der Waals surface area (Å²) in [5.41, 5.74) is 5.03. The van der Waals surface area contributed by atoms with Crippen molar-refractivity contribution in [1.29, 1.82) is 0 Å². The molecular weight excluding hydrogens is 212 g/mol. The fraction of sp³-hybridized carbons (Fsp3) is 0.900. The van der Waals surface area contributed by atoms with E-state index < -0.39 is 11.6 Å². The average molecular weight is 232 g/mol. The largest absolute Gasteiger partial charge is 0.388 e. The number of aliphatic hydroxyl groups is 1. The third kappa shape index (κ3) is 4.01. The molecule has 1 aliphatic rings. The minimum Gasteiger partial charge on any atom is -0.388 e. The molecule has 4 N–H and O–H groups in total. The fourth-order valence-electron chi connectivity index (χ4n) is 1.52. The van der Waals surface area contributed by atoms with Crippen LogP contribution in [0.5, 0.6) is 0 Å². The Balaban J connectivity index is 2.17. The predicted octanol–water partition coefficient (Wildman–Crippen LogP) is 0.0980. The van der Waals surface area contributed by atoms with E-state index in [0.717, 1.165) is 25.0 Å². The van der Waals surface area contributed by atoms with Crippen LogP contribution < -0.4 is 11.1 Å². The summed E-state index contributed by atoms with van der Waals surface area (Å²) >= 11 is 1.68. The molecule has 1 saturated carbocycles. The molecule has 15 heavy (non-hydrogen) atoms. The first kappa shape index (κ1) is 12.8. The molecule has 88 valence electrons. The van der Waals surface area contributed by atoms with E-state index in [1.807, 2.05) is 6.26 Å². The molecule has 0 aliphatic heterocycles. The lowest BCUT2D eigenvalue weighted by atomic mass is 9.80. The molecule has 0 saturated heterocycles. The van der Waals surface area contributed by atoms with Crippen molar-refractivity contribution in [3.8, 4) is 0 Å². The first-order valence-corrected chi connectivity index (χ1v) is 6.71. The van der Waals surface area contributed by atoms with Gasteiger partial charge in [-0.2, -0.15) is 11.8 Å². The third-order valence-corrected chi connectivity index (χ3v) is 3.49. The maximum Gasteiger partial charge on any atom is 0.237 e. The number of carbonyl (C=O) groups is 1. The molecule has 1 aliphatic carbocycles. The Hall–Kier alpha value is -0.260. The highest BCUT2D eigenvalue weighted by Gasteiger charge is 2.34. The standard InChI is InChI=1S/C10H20N2O2S/c1-15-6-3-8(11)9(13)12-7-10(14)4-2-5-10/h8,14H,2-7,11H2,1H3,(H,12,13)/t8-/m1/s1. The normalized spacial score (nSPS) is 20.5. The average Bonchev–Trinajstić information content (AvgIpc) is 2.19. The van der Waals surface area contributed by atoms with E-state index in [0.29, 0.717) is 13.0 Å². The minimum absolute atomic E-state index is 0.149. The zero-order valence-corrected chi connectivity index (χ0v) is 9.98. The predicted molar refractivity (Wildman–Crippen MR) is 62.8 cm³/mol. The van der Waals surface area contributed by atoms with Crippen LogP contribution in [0.2, 0.25) is 0 Å². The van der Waals surface area contributed by atoms with Crippen LogP contribution in [0, 0.1) is 0 Å². The number of rotatable bonds is 6. The van der Waals surface area contributed by atoms with Crippen molar-refractivity contribution >= 4 is 17.7 Å². The summed E-state index contributed by atoms with van der Waals surface area (Å²) in [6, 6.07) is -0.443. The summed E-state index contributed by atoms with van der Waals surface area (Å²) in [7, 11) is 0. The van der Waals surface area contributed by atoms with Gasteiger partial charge in [0, 0.05) is 6.54 Å². The smallest absolute Gasteiger partial charge is 0.237 e. The first-order chi connectivity index (χ1) is 7.07. The van der Waals surface area contributed by atoms with Gasteiger partial charge in [-0.3, -0.25) is 4.79 Å². The first-order valence-electron chi connectivity index (χ1n) is 5.32. The molecule has 1 amide bonds. The fourth-order valence-corrected chi connectivity index (χ4v) is 2.01. The molecule has 1 rings (SSSR count). The van der Waals surface area contributed by atoms with Crippen molar-refractivity contribution in [2.24, 2.45) is 5.73 Å². The quantitative estimate of drug-likeness (QED) is 0.607. The summed E-state index contributed by atoms with van der Waals surface area (Å²) in [5, 5.41) is 12.5. The summed E-state index contributed by atoms with van der Waals surface area (Å²) in [4.78, 5) is 11.5. The molecular formula is C10H20N2O2S. The van der Waals surface area contributed by atoms with Crippen molar-refractivity contribution in [1.82, 2.24) is 5.32 Å². The van der Waals surface area contributed by atoms with Crippen LogP contribution >= 0.6 is 11.8 Å². The Kier molecular flexibility index (Phi) is 4.89. The lowest BCUT2D eigenvalue weighted by Gasteiger charge is -2.36. The zero-order valence-electron chi connectivity index (χ0n) is 9.16. The van der Waals surface area contributed by atoms with Crippen LogP contribution in [0.4, 0.5) is 0 Å². The second kappa shape index (κ2) is 5.72. The molecule has 1 fully saturated rings. The molecule has 5 heteroatoms. The highest BCUT2D eigenvalue weighted by molar-refractivity contribution is 7.98. The molecule has 4 nitrogen and oxygen atoms in total. The highest BCUT2D eigenvalue weighted by atomic mass is 32.2. The van der Waals surface area contributed by atoms with Gasteiger partial charge in [0.15, 0.2) is 0 Å². The summed E-state index contributed by atoms with van der Waals surface area (Å²) in [6.07, 6.45) is 5.29. The van der Waals surface area contributed by atoms with E-state index in [2.05, 4.69) is 5.32 Å². The molecule has 0 heterocycles. The van der Waals surface area contributed by atoms with Gasteiger partial charge < -0.3 is 16.2 Å². The molecule has 1 atom stereocenters. The van der Waals surface area contributed by atoms with Crippen molar-refractivity contribution in [2.75, 3.05) is 18.6 Å². The second-order valence-electron chi connectivity index (χ2n) is 4.18. The lowest BCUT2D eigenvalue weighted by Crippen LogP contribution is -2.51. The van der Waals surface area contributed by atoms with E-state index in [1.54, 1.807) is 11.8 Å². The van der Waals surface area contributed by atoms with Crippen LogP contribution in [0.1, 0.15) is 25.7 Å². The van der Waals surface area contributed by atoms with Crippen LogP contribution in [0.3, 0.4) is 0 Å². The van der Waals surface area contributed by atoms with Gasteiger partial charge in [0.05, 0.1) is 11.6 Å². The zero-order chi connectivity index (χ0) is 11.3. The number of hydrogen-bond acceptors (Lipinski definition) is 4. The molecule has 0 aromatic heterocycles. The number of amides is 1. The van der Waals surface area contributed by atoms with E-state index in [1.165, 1.54) is 0 Å². The van der Waals surface area contributed by atoms with Gasteiger partial charge in [-0.05, 0) is 37.7 Å². The van der Waals surface area contributed by atoms with Gasteiger partial charge in [0.25, 0.3) is 0 Å². The van der Waals surface area contributed by atoms with Crippen molar-refractivity contribution in [3.05, 3.63) is 0 Å². The number of thioether (sulfide) groups is 1. The number of hydrogen-bond donors (Lipinski definition) is 3. The van der Waals surface area contributed by atoms with E-state index in [4.69, 9.17) is 5.73 Å². The maximum absolute atomic E-state index is 11.5. The maximum atomic E-state index is 11.5. The number of nitrogens with two attached hydrogens (primary N) is 1. The van der Waals surface area contributed by atoms with Crippen molar-refractivity contribution in [2.45, 2.75) is 37.3 Å². The SMILES string of the molecule is CSCC[C@@H](N)C(=O)NCC1(O)CCC1. The topological polar surface area (TPSA) is 75.4 Å². The Morgan fingerprint density at radius 3 is 2.80 bits per heavy atom. The Morgan fingerprint density at radius 2 is 2.33 bits per heavy atom. The van der Waals surface area contributed by atoms with E-state index >= 15 is 0 Å². The Labute approximate surface area is 95.0 Å². The molecule has 0 bridgehead atoms. The van der Waals surface area contributed by atoms with E-state index in [9.17, 15) is 9.90 Å². The van der Waals surface area contributed by atoms with Crippen LogP contribution in [0.15, 0.2) is 0 Å². The number of carbonyl (C=O) groups excluding carboxylic acids is 1. The van der Waals surface area contributed by atoms with Gasteiger partial charge >= 0.3 is 0 Å². The van der Waals surface area contributed by atoms with Crippen LogP contribution in [0.25, 0.3) is 0 Å². The lowest BCUT2D eigenvalue weighted by molar-refractivity contribution is -0.124. The summed E-state index contributed by atoms with van der Waals surface area (Å²) in [5.74, 6) is 0.739.